The summed E-state index contributed by atoms with van der Waals surface area (Å²) in [6.45, 7) is 1.90. The molecule has 3 aliphatic heterocycles. The highest BCUT2D eigenvalue weighted by Gasteiger charge is 2.45. The number of benzene rings is 1. The number of fused-ring (bicyclic) bond motifs is 2. The van der Waals surface area contributed by atoms with E-state index in [-0.39, 0.29) is 37.0 Å². The zero-order chi connectivity index (χ0) is 32.1. The van der Waals surface area contributed by atoms with Gasteiger partial charge < -0.3 is 25.7 Å². The Morgan fingerprint density at radius 3 is 1.81 bits per heavy atom. The van der Waals surface area contributed by atoms with Crippen molar-refractivity contribution in [1.29, 1.82) is 0 Å². The average molecular weight is 723 g/mol. The minimum atomic E-state index is -1.06. The van der Waals surface area contributed by atoms with Crippen LogP contribution >= 0.6 is 23.2 Å². The molecule has 2 unspecified atom stereocenters. The van der Waals surface area contributed by atoms with Gasteiger partial charge in [-0.1, -0.05) is 31.2 Å². The van der Waals surface area contributed by atoms with Crippen molar-refractivity contribution in [2.45, 2.75) is 85.6 Å². The number of anilines is 3. The van der Waals surface area contributed by atoms with Crippen molar-refractivity contribution < 1.29 is 18.6 Å². The van der Waals surface area contributed by atoms with E-state index < -0.39 is 21.6 Å². The van der Waals surface area contributed by atoms with Crippen molar-refractivity contribution in [2.24, 2.45) is 0 Å². The summed E-state index contributed by atoms with van der Waals surface area (Å²) in [5.41, 5.74) is 2.40. The van der Waals surface area contributed by atoms with E-state index in [1.807, 2.05) is 12.1 Å². The summed E-state index contributed by atoms with van der Waals surface area (Å²) in [5.74, 6) is 3.60. The number of nitrogens with zero attached hydrogens (tertiary/aromatic N) is 5. The molecular formula is C32H41Cl2N7O4S2. The first-order valence-corrected chi connectivity index (χ1v) is 19.1. The molecule has 0 bridgehead atoms. The molecule has 1 aromatic carbocycles. The number of halogens is 2. The van der Waals surface area contributed by atoms with E-state index >= 15 is 0 Å². The Bertz CT molecular complexity index is 1680. The van der Waals surface area contributed by atoms with Gasteiger partial charge in [0.2, 0.25) is 11.2 Å². The monoisotopic (exact) mass is 721 g/mol. The van der Waals surface area contributed by atoms with Gasteiger partial charge in [-0.15, -0.1) is 0 Å². The van der Waals surface area contributed by atoms with E-state index in [4.69, 9.17) is 33.2 Å². The first kappa shape index (κ1) is 34.4. The topological polar surface area (TPSA) is 153 Å². The number of nitrogens with one attached hydrogen (secondary N) is 2. The fraction of sp³-hybridized carbons (Fsp3) is 0.562. The molecule has 2 aromatic heterocycles. The summed E-state index contributed by atoms with van der Waals surface area (Å²) < 4.78 is 24.4. The van der Waals surface area contributed by atoms with Gasteiger partial charge in [0, 0.05) is 42.5 Å². The number of hydrogen-bond acceptors (Lipinski definition) is 11. The molecule has 0 amide bonds. The average Bonchev–Trinajstić information content (AvgIpc) is 3.95. The second-order valence-corrected chi connectivity index (χ2v) is 16.6. The van der Waals surface area contributed by atoms with E-state index in [1.165, 1.54) is 5.56 Å². The molecule has 47 heavy (non-hydrogen) atoms. The van der Waals surface area contributed by atoms with Crippen molar-refractivity contribution in [3.63, 3.8) is 0 Å². The van der Waals surface area contributed by atoms with Crippen LogP contribution in [0.2, 0.25) is 10.3 Å². The molecule has 254 valence electrons. The minimum Gasteiger partial charge on any atom is -0.394 e. The Labute approximate surface area is 290 Å². The molecule has 4 N–H and O–H groups in total. The van der Waals surface area contributed by atoms with Gasteiger partial charge in [-0.3, -0.25) is 8.42 Å². The van der Waals surface area contributed by atoms with Gasteiger partial charge in [-0.25, -0.2) is 9.97 Å². The molecule has 11 nitrogen and oxygen atoms in total. The Balaban J connectivity index is 0.000000183. The molecule has 2 saturated carbocycles. The number of hydrogen-bond donors (Lipinski definition) is 4. The lowest BCUT2D eigenvalue weighted by molar-refractivity contribution is 0.265. The predicted octanol–water partition coefficient (Wildman–Crippen LogP) is 4.48. The standard InChI is InChI=1S/C21H25ClN4O2S.C10H12ClN3O2S.CH4/c22-16-3-1-14(2-4-16)15-5-10-26(11-6-15)20-23-17-7-12-29(28)18(17)19(24-20)25-21(13-27)8-9-21;11-9-12-6-1-4-17(16)7(6)8(13-9)14-10(5-15)2-3-10;/h1-4,15,27H,5-13H2,(H,23,24,25);15H,1-5H2,(H,12,13,14);1H4. The number of rotatable bonds is 8. The molecule has 0 spiro atoms. The van der Waals surface area contributed by atoms with Crippen LogP contribution in [0.1, 0.15) is 68.8 Å². The molecule has 15 heteroatoms. The fourth-order valence-electron chi connectivity index (χ4n) is 6.26. The van der Waals surface area contributed by atoms with Crippen LogP contribution in [-0.4, -0.2) is 87.5 Å². The van der Waals surface area contributed by atoms with Gasteiger partial charge in [0.1, 0.15) is 21.4 Å². The van der Waals surface area contributed by atoms with Crippen molar-refractivity contribution >= 4 is 62.4 Å². The van der Waals surface area contributed by atoms with Gasteiger partial charge in [-0.05, 0) is 73.7 Å². The Morgan fingerprint density at radius 2 is 1.30 bits per heavy atom. The first-order chi connectivity index (χ1) is 22.2. The van der Waals surface area contributed by atoms with Crippen molar-refractivity contribution in [1.82, 2.24) is 19.9 Å². The third-order valence-corrected chi connectivity index (χ3v) is 12.9. The Morgan fingerprint density at radius 1 is 0.787 bits per heavy atom. The molecule has 8 rings (SSSR count). The van der Waals surface area contributed by atoms with Gasteiger partial charge >= 0.3 is 0 Å². The summed E-state index contributed by atoms with van der Waals surface area (Å²) in [7, 11) is -2.12. The maximum Gasteiger partial charge on any atom is 0.227 e. The Kier molecular flexibility index (Phi) is 10.1. The lowest BCUT2D eigenvalue weighted by Crippen LogP contribution is -2.35. The second-order valence-electron chi connectivity index (χ2n) is 12.8. The van der Waals surface area contributed by atoms with E-state index in [9.17, 15) is 18.6 Å². The number of aryl methyl sites for hydroxylation is 2. The summed E-state index contributed by atoms with van der Waals surface area (Å²) in [5, 5.41) is 26.5. The van der Waals surface area contributed by atoms with Crippen molar-refractivity contribution in [2.75, 3.05) is 53.3 Å². The molecule has 3 aromatic rings. The highest BCUT2D eigenvalue weighted by molar-refractivity contribution is 7.85. The number of aliphatic hydroxyl groups is 2. The van der Waals surface area contributed by atoms with E-state index in [2.05, 4.69) is 37.6 Å². The minimum absolute atomic E-state index is 0. The van der Waals surface area contributed by atoms with Gasteiger partial charge in [0.05, 0.1) is 57.3 Å². The lowest BCUT2D eigenvalue weighted by Gasteiger charge is -2.33. The zero-order valence-electron chi connectivity index (χ0n) is 25.3. The Hall–Kier alpha value is -2.42. The zero-order valence-corrected chi connectivity index (χ0v) is 28.5. The fourth-order valence-corrected chi connectivity index (χ4v) is 9.18. The maximum absolute atomic E-state index is 12.5. The van der Waals surface area contributed by atoms with E-state index in [0.29, 0.717) is 46.3 Å². The van der Waals surface area contributed by atoms with Gasteiger partial charge in [0.15, 0.2) is 0 Å². The molecule has 2 aliphatic carbocycles. The van der Waals surface area contributed by atoms with E-state index in [0.717, 1.165) is 79.3 Å². The van der Waals surface area contributed by atoms with Gasteiger partial charge in [-0.2, -0.15) is 9.97 Å². The molecular weight excluding hydrogens is 681 g/mol. The molecule has 3 fully saturated rings. The van der Waals surface area contributed by atoms with Gasteiger partial charge in [0.25, 0.3) is 0 Å². The summed E-state index contributed by atoms with van der Waals surface area (Å²) >= 11 is 11.9. The van der Waals surface area contributed by atoms with Crippen molar-refractivity contribution in [3.8, 4) is 0 Å². The lowest BCUT2D eigenvalue weighted by atomic mass is 9.89. The highest BCUT2D eigenvalue weighted by Crippen LogP contribution is 2.42. The van der Waals surface area contributed by atoms with Crippen LogP contribution < -0.4 is 15.5 Å². The molecule has 1 saturated heterocycles. The van der Waals surface area contributed by atoms with Crippen molar-refractivity contribution in [3.05, 3.63) is 51.5 Å². The third-order valence-electron chi connectivity index (χ3n) is 9.54. The quantitative estimate of drug-likeness (QED) is 0.244. The first-order valence-electron chi connectivity index (χ1n) is 15.7. The van der Waals surface area contributed by atoms with E-state index in [1.54, 1.807) is 0 Å². The highest BCUT2D eigenvalue weighted by atomic mass is 35.5. The normalized spacial score (nSPS) is 23.1. The second kappa shape index (κ2) is 13.8. The van der Waals surface area contributed by atoms with Crippen LogP contribution in [0.4, 0.5) is 17.6 Å². The maximum atomic E-state index is 12.5. The van der Waals surface area contributed by atoms with Crippen LogP contribution in [0.3, 0.4) is 0 Å². The van der Waals surface area contributed by atoms with Crippen LogP contribution in [0.15, 0.2) is 34.1 Å². The summed E-state index contributed by atoms with van der Waals surface area (Å²) in [6.07, 6.45) is 7.09. The van der Waals surface area contributed by atoms with Crippen LogP contribution in [0.25, 0.3) is 0 Å². The molecule has 0 radical (unpaired) electrons. The number of aromatic nitrogens is 4. The smallest absolute Gasteiger partial charge is 0.227 e. The van der Waals surface area contributed by atoms with Crippen LogP contribution in [-0.2, 0) is 34.4 Å². The summed E-state index contributed by atoms with van der Waals surface area (Å²) in [6, 6.07) is 8.16. The largest absolute Gasteiger partial charge is 0.394 e. The number of piperidine rings is 1. The molecule has 2 atom stereocenters. The predicted molar refractivity (Wildman–Crippen MR) is 187 cm³/mol. The summed E-state index contributed by atoms with van der Waals surface area (Å²) in [4.78, 5) is 21.4. The number of aliphatic hydroxyl groups excluding tert-OH is 2. The molecule has 5 heterocycles. The van der Waals surface area contributed by atoms with Crippen LogP contribution in [0, 0.1) is 0 Å². The van der Waals surface area contributed by atoms with Crippen LogP contribution in [0.5, 0.6) is 0 Å². The molecule has 5 aliphatic rings. The SMILES string of the molecule is C.O=S1CCc2nc(Cl)nc(NC3(CO)CC3)c21.O=S1CCc2nc(N3CCC(c4ccc(Cl)cc4)CC3)nc(NC3(CO)CC3)c21. The third kappa shape index (κ3) is 7.30.